The van der Waals surface area contributed by atoms with Crippen molar-refractivity contribution >= 4 is 17.6 Å². The van der Waals surface area contributed by atoms with Gasteiger partial charge in [-0.1, -0.05) is 12.1 Å². The van der Waals surface area contributed by atoms with Crippen LogP contribution in [0, 0.1) is 0 Å². The topological polar surface area (TPSA) is 103 Å². The van der Waals surface area contributed by atoms with Crippen LogP contribution in [0.1, 0.15) is 31.2 Å². The van der Waals surface area contributed by atoms with Crippen molar-refractivity contribution < 1.29 is 14.0 Å². The Kier molecular flexibility index (Phi) is 7.06. The summed E-state index contributed by atoms with van der Waals surface area (Å²) in [7, 11) is 0. The Balaban J connectivity index is 1.34. The number of amides is 3. The lowest BCUT2D eigenvalue weighted by atomic mass is 10.1. The lowest BCUT2D eigenvalue weighted by Gasteiger charge is -2.29. The van der Waals surface area contributed by atoms with Crippen molar-refractivity contribution in [1.82, 2.24) is 20.9 Å². The molecular weight excluding hydrogens is 411 g/mol. The van der Waals surface area contributed by atoms with E-state index in [0.717, 1.165) is 42.0 Å². The van der Waals surface area contributed by atoms with Gasteiger partial charge in [0.2, 0.25) is 5.91 Å². The Hall–Kier alpha value is -2.91. The van der Waals surface area contributed by atoms with E-state index in [9.17, 15) is 14.0 Å². The van der Waals surface area contributed by atoms with Crippen LogP contribution in [0.4, 0.5) is 14.9 Å². The van der Waals surface area contributed by atoms with Crippen molar-refractivity contribution in [2.45, 2.75) is 44.6 Å². The average molecular weight is 443 g/mol. The molecule has 32 heavy (non-hydrogen) atoms. The number of nitrogens with zero attached hydrogens (tertiary/aromatic N) is 2. The molecule has 0 aliphatic carbocycles. The van der Waals surface area contributed by atoms with Crippen molar-refractivity contribution in [1.29, 1.82) is 0 Å². The zero-order valence-electron chi connectivity index (χ0n) is 18.1. The number of fused-ring (bicyclic) bond motifs is 1. The number of carbonyl (C=O) groups excluding carboxylic acids is 2. The number of carbonyl (C=O) groups is 2. The van der Waals surface area contributed by atoms with E-state index in [2.05, 4.69) is 16.0 Å². The van der Waals surface area contributed by atoms with Crippen molar-refractivity contribution in [2.24, 2.45) is 5.73 Å². The SMILES string of the molecule is NCCCNCc1ccc(N2C=C3C=C(CCC(=O)N4CC[C@H](F)C4)NC3NC2=O)cc1. The maximum atomic E-state index is 13.3. The second kappa shape index (κ2) is 10.1. The summed E-state index contributed by atoms with van der Waals surface area (Å²) in [5, 5.41) is 9.56. The predicted molar refractivity (Wildman–Crippen MR) is 121 cm³/mol. The van der Waals surface area contributed by atoms with Crippen LogP contribution in [0.2, 0.25) is 0 Å². The van der Waals surface area contributed by atoms with Gasteiger partial charge in [-0.05, 0) is 56.1 Å². The lowest BCUT2D eigenvalue weighted by molar-refractivity contribution is -0.130. The summed E-state index contributed by atoms with van der Waals surface area (Å²) in [6.07, 6.45) is 4.82. The minimum Gasteiger partial charge on any atom is -0.365 e. The molecule has 5 N–H and O–H groups in total. The molecular formula is C23H31FN6O2. The van der Waals surface area contributed by atoms with Crippen molar-refractivity contribution in [3.05, 3.63) is 53.4 Å². The number of benzene rings is 1. The number of halogens is 1. The first kappa shape index (κ1) is 22.3. The zero-order chi connectivity index (χ0) is 22.5. The van der Waals surface area contributed by atoms with E-state index < -0.39 is 6.17 Å². The highest BCUT2D eigenvalue weighted by Crippen LogP contribution is 2.26. The number of anilines is 1. The van der Waals surface area contributed by atoms with E-state index in [1.165, 1.54) is 0 Å². The number of alkyl halides is 1. The molecule has 3 heterocycles. The molecule has 0 saturated carbocycles. The highest BCUT2D eigenvalue weighted by Gasteiger charge is 2.31. The van der Waals surface area contributed by atoms with Gasteiger partial charge >= 0.3 is 6.03 Å². The van der Waals surface area contributed by atoms with Gasteiger partial charge in [0.25, 0.3) is 0 Å². The molecule has 1 saturated heterocycles. The molecule has 3 aliphatic rings. The van der Waals surface area contributed by atoms with Crippen LogP contribution in [-0.4, -0.2) is 55.4 Å². The summed E-state index contributed by atoms with van der Waals surface area (Å²) in [6, 6.07) is 7.65. The first-order chi connectivity index (χ1) is 15.5. The maximum absolute atomic E-state index is 13.3. The average Bonchev–Trinajstić information content (AvgIpc) is 3.40. The largest absolute Gasteiger partial charge is 0.365 e. The van der Waals surface area contributed by atoms with Gasteiger partial charge in [-0.15, -0.1) is 0 Å². The zero-order valence-corrected chi connectivity index (χ0v) is 18.1. The van der Waals surface area contributed by atoms with Crippen LogP contribution in [0.5, 0.6) is 0 Å². The third-order valence-electron chi connectivity index (χ3n) is 5.96. The quantitative estimate of drug-likeness (QED) is 0.436. The molecule has 3 amide bonds. The summed E-state index contributed by atoms with van der Waals surface area (Å²) in [6.45, 7) is 3.00. The molecule has 0 spiro atoms. The minimum absolute atomic E-state index is 0.0278. The van der Waals surface area contributed by atoms with Crippen molar-refractivity contribution in [3.8, 4) is 0 Å². The van der Waals surface area contributed by atoms with Crippen LogP contribution in [0.25, 0.3) is 0 Å². The number of hydrogen-bond donors (Lipinski definition) is 4. The third-order valence-corrected chi connectivity index (χ3v) is 5.96. The van der Waals surface area contributed by atoms with Crippen LogP contribution in [-0.2, 0) is 11.3 Å². The molecule has 1 unspecified atom stereocenters. The van der Waals surface area contributed by atoms with Gasteiger partial charge < -0.3 is 26.6 Å². The molecule has 0 aromatic heterocycles. The summed E-state index contributed by atoms with van der Waals surface area (Å²) in [5.41, 5.74) is 9.25. The summed E-state index contributed by atoms with van der Waals surface area (Å²) in [5.74, 6) is -0.0278. The molecule has 4 rings (SSSR count). The van der Waals surface area contributed by atoms with Gasteiger partial charge in [0.15, 0.2) is 0 Å². The van der Waals surface area contributed by atoms with Crippen LogP contribution in [0.3, 0.4) is 0 Å². The number of likely N-dealkylation sites (tertiary alicyclic amines) is 1. The fourth-order valence-corrected chi connectivity index (χ4v) is 4.14. The monoisotopic (exact) mass is 442 g/mol. The Labute approximate surface area is 187 Å². The molecule has 172 valence electrons. The first-order valence-corrected chi connectivity index (χ1v) is 11.2. The number of hydrogen-bond acceptors (Lipinski definition) is 5. The third kappa shape index (κ3) is 5.28. The van der Waals surface area contributed by atoms with E-state index in [1.807, 2.05) is 36.5 Å². The minimum atomic E-state index is -0.904. The van der Waals surface area contributed by atoms with E-state index >= 15 is 0 Å². The van der Waals surface area contributed by atoms with E-state index in [4.69, 9.17) is 5.73 Å². The molecule has 0 bridgehead atoms. The molecule has 1 fully saturated rings. The van der Waals surface area contributed by atoms with Crippen LogP contribution < -0.4 is 26.6 Å². The fourth-order valence-electron chi connectivity index (χ4n) is 4.14. The lowest BCUT2D eigenvalue weighted by Crippen LogP contribution is -2.51. The fraction of sp³-hybridized carbons (Fsp3) is 0.478. The Morgan fingerprint density at radius 3 is 2.78 bits per heavy atom. The number of urea groups is 1. The molecule has 8 nitrogen and oxygen atoms in total. The van der Waals surface area contributed by atoms with Crippen molar-refractivity contribution in [3.63, 3.8) is 0 Å². The molecule has 3 aliphatic heterocycles. The van der Waals surface area contributed by atoms with E-state index in [-0.39, 0.29) is 24.6 Å². The second-order valence-electron chi connectivity index (χ2n) is 8.41. The van der Waals surface area contributed by atoms with Crippen molar-refractivity contribution in [2.75, 3.05) is 31.1 Å². The van der Waals surface area contributed by atoms with Gasteiger partial charge in [0.05, 0.1) is 12.2 Å². The van der Waals surface area contributed by atoms with Gasteiger partial charge in [-0.3, -0.25) is 9.69 Å². The number of nitrogens with two attached hydrogens (primary N) is 1. The number of allylic oxidation sites excluding steroid dienone is 1. The number of rotatable bonds is 9. The molecule has 9 heteroatoms. The van der Waals surface area contributed by atoms with Gasteiger partial charge in [-0.2, -0.15) is 0 Å². The van der Waals surface area contributed by atoms with E-state index in [1.54, 1.807) is 9.80 Å². The summed E-state index contributed by atoms with van der Waals surface area (Å²) >= 11 is 0. The van der Waals surface area contributed by atoms with E-state index in [0.29, 0.717) is 32.4 Å². The van der Waals surface area contributed by atoms with Crippen LogP contribution in [0.15, 0.2) is 47.8 Å². The second-order valence-corrected chi connectivity index (χ2v) is 8.41. The number of nitrogens with one attached hydrogen (secondary N) is 3. The Bertz CT molecular complexity index is 900. The van der Waals surface area contributed by atoms with Gasteiger partial charge in [-0.25, -0.2) is 9.18 Å². The first-order valence-electron chi connectivity index (χ1n) is 11.2. The Morgan fingerprint density at radius 1 is 1.25 bits per heavy atom. The molecule has 2 atom stereocenters. The maximum Gasteiger partial charge on any atom is 0.327 e. The Morgan fingerprint density at radius 2 is 2.06 bits per heavy atom. The predicted octanol–water partition coefficient (Wildman–Crippen LogP) is 1.70. The molecule has 1 aromatic rings. The normalized spacial score (nSPS) is 22.2. The highest BCUT2D eigenvalue weighted by molar-refractivity contribution is 5.96. The standard InChI is InChI=1S/C23H31FN6O2/c24-18-8-11-29(15-18)21(31)7-4-19-12-17-14-30(23(32)28-22(17)27-19)20-5-2-16(3-6-20)13-26-10-1-9-25/h2-3,5-6,12,14,18,22,26-27H,1,4,7-11,13,15,25H2,(H,28,32)/t18-,22?/m0/s1. The molecule has 0 radical (unpaired) electrons. The summed E-state index contributed by atoms with van der Waals surface area (Å²) < 4.78 is 13.3. The van der Waals surface area contributed by atoms with Gasteiger partial charge in [0.1, 0.15) is 12.3 Å². The van der Waals surface area contributed by atoms with Gasteiger partial charge in [0, 0.05) is 37.0 Å². The smallest absolute Gasteiger partial charge is 0.327 e. The summed E-state index contributed by atoms with van der Waals surface area (Å²) in [4.78, 5) is 28.1. The molecule has 1 aromatic carbocycles. The highest BCUT2D eigenvalue weighted by atomic mass is 19.1. The van der Waals surface area contributed by atoms with Crippen LogP contribution >= 0.6 is 0 Å².